The number of fused-ring (bicyclic) bond motifs is 1. The van der Waals surface area contributed by atoms with E-state index in [0.29, 0.717) is 12.2 Å². The molecule has 3 heterocycles. The lowest BCUT2D eigenvalue weighted by Crippen LogP contribution is -1.94. The van der Waals surface area contributed by atoms with Gasteiger partial charge in [0.15, 0.2) is 10.5 Å². The van der Waals surface area contributed by atoms with Crippen LogP contribution in [0.5, 0.6) is 0 Å². The van der Waals surface area contributed by atoms with Crippen LogP contribution in [-0.4, -0.2) is 19.9 Å². The molecule has 0 saturated heterocycles. The van der Waals surface area contributed by atoms with Gasteiger partial charge >= 0.3 is 0 Å². The van der Waals surface area contributed by atoms with E-state index >= 15 is 0 Å². The number of thiazole rings is 2. The van der Waals surface area contributed by atoms with E-state index in [-0.39, 0.29) is 0 Å². The van der Waals surface area contributed by atoms with E-state index < -0.39 is 0 Å². The van der Waals surface area contributed by atoms with E-state index in [1.807, 2.05) is 5.38 Å². The average molecular weight is 249 g/mol. The number of nitrogens with two attached hydrogens (primary N) is 1. The van der Waals surface area contributed by atoms with Crippen LogP contribution >= 0.6 is 22.7 Å². The highest BCUT2D eigenvalue weighted by molar-refractivity contribution is 7.21. The number of hydrogen-bond acceptors (Lipinski definition) is 7. The molecule has 0 fully saturated rings. The van der Waals surface area contributed by atoms with Crippen molar-refractivity contribution in [2.45, 2.75) is 6.54 Å². The van der Waals surface area contributed by atoms with Crippen LogP contribution in [0.15, 0.2) is 17.8 Å². The van der Waals surface area contributed by atoms with Gasteiger partial charge < -0.3 is 5.73 Å². The van der Waals surface area contributed by atoms with Crippen LogP contribution in [0, 0.1) is 0 Å². The minimum Gasteiger partial charge on any atom is -0.325 e. The third-order valence-corrected chi connectivity index (χ3v) is 3.84. The Morgan fingerprint density at radius 3 is 2.81 bits per heavy atom. The Balaban J connectivity index is 2.11. The summed E-state index contributed by atoms with van der Waals surface area (Å²) in [6, 6.07) is 0. The molecule has 3 aromatic heterocycles. The summed E-state index contributed by atoms with van der Waals surface area (Å²) >= 11 is 3.04. The fourth-order valence-electron chi connectivity index (χ4n) is 1.29. The van der Waals surface area contributed by atoms with Crippen LogP contribution in [0.25, 0.3) is 21.2 Å². The lowest BCUT2D eigenvalue weighted by Gasteiger charge is -1.85. The van der Waals surface area contributed by atoms with Crippen molar-refractivity contribution in [3.63, 3.8) is 0 Å². The van der Waals surface area contributed by atoms with E-state index in [4.69, 9.17) is 5.73 Å². The Bertz CT molecular complexity index is 596. The Kier molecular flexibility index (Phi) is 2.35. The van der Waals surface area contributed by atoms with Crippen molar-refractivity contribution in [3.8, 4) is 10.7 Å². The lowest BCUT2D eigenvalue weighted by atomic mass is 10.5. The van der Waals surface area contributed by atoms with Gasteiger partial charge in [-0.05, 0) is 0 Å². The molecule has 0 spiro atoms. The van der Waals surface area contributed by atoms with Gasteiger partial charge in [-0.2, -0.15) is 0 Å². The highest BCUT2D eigenvalue weighted by Gasteiger charge is 2.10. The van der Waals surface area contributed by atoms with Crippen LogP contribution in [-0.2, 0) is 6.54 Å². The van der Waals surface area contributed by atoms with E-state index in [2.05, 4.69) is 19.9 Å². The van der Waals surface area contributed by atoms with E-state index in [0.717, 1.165) is 20.5 Å². The van der Waals surface area contributed by atoms with Crippen LogP contribution in [0.2, 0.25) is 0 Å². The Labute approximate surface area is 99.0 Å². The molecule has 0 bridgehead atoms. The third kappa shape index (κ3) is 1.58. The topological polar surface area (TPSA) is 77.6 Å². The third-order valence-electron chi connectivity index (χ3n) is 1.99. The zero-order chi connectivity index (χ0) is 11.0. The molecule has 0 aliphatic heterocycles. The molecule has 2 N–H and O–H groups in total. The molecular formula is C9H7N5S2. The summed E-state index contributed by atoms with van der Waals surface area (Å²) in [4.78, 5) is 17.9. The molecule has 16 heavy (non-hydrogen) atoms. The van der Waals surface area contributed by atoms with Crippen LogP contribution in [0.3, 0.4) is 0 Å². The molecule has 0 unspecified atom stereocenters. The van der Waals surface area contributed by atoms with Gasteiger partial charge in [0.2, 0.25) is 0 Å². The van der Waals surface area contributed by atoms with Crippen LogP contribution in [0.4, 0.5) is 0 Å². The summed E-state index contributed by atoms with van der Waals surface area (Å²) in [6.45, 7) is 0.464. The van der Waals surface area contributed by atoms with Gasteiger partial charge in [0.1, 0.15) is 15.7 Å². The molecule has 3 rings (SSSR count). The van der Waals surface area contributed by atoms with Gasteiger partial charge in [0, 0.05) is 24.3 Å². The SMILES string of the molecule is NCc1nc(-c2nc3nccnc3s2)cs1. The molecule has 3 aromatic rings. The van der Waals surface area contributed by atoms with Crippen LogP contribution < -0.4 is 5.73 Å². The first-order chi connectivity index (χ1) is 7.86. The molecule has 0 atom stereocenters. The first-order valence-electron chi connectivity index (χ1n) is 4.59. The highest BCUT2D eigenvalue weighted by Crippen LogP contribution is 2.28. The minimum absolute atomic E-state index is 0.464. The Hall–Kier alpha value is -1.44. The fraction of sp³-hybridized carbons (Fsp3) is 0.111. The standard InChI is InChI=1S/C9H7N5S2/c10-3-6-13-5(4-15-6)8-14-7-9(16-8)12-2-1-11-7/h1-2,4H,3,10H2. The predicted octanol–water partition coefficient (Wildman–Crippen LogP) is 1.67. The van der Waals surface area contributed by atoms with E-state index in [9.17, 15) is 0 Å². The first kappa shape index (κ1) is 9.76. The van der Waals surface area contributed by atoms with Gasteiger partial charge in [-0.1, -0.05) is 11.3 Å². The van der Waals surface area contributed by atoms with Gasteiger partial charge in [0.05, 0.1) is 0 Å². The molecule has 0 saturated carbocycles. The largest absolute Gasteiger partial charge is 0.325 e. The van der Waals surface area contributed by atoms with Gasteiger partial charge in [-0.15, -0.1) is 11.3 Å². The maximum Gasteiger partial charge on any atom is 0.190 e. The monoisotopic (exact) mass is 249 g/mol. The quantitative estimate of drug-likeness (QED) is 0.747. The Morgan fingerprint density at radius 2 is 2.06 bits per heavy atom. The van der Waals surface area contributed by atoms with Crippen molar-refractivity contribution in [2.24, 2.45) is 5.73 Å². The normalized spacial score (nSPS) is 11.1. The van der Waals surface area contributed by atoms with Crippen molar-refractivity contribution in [1.29, 1.82) is 0 Å². The van der Waals surface area contributed by atoms with E-state index in [1.54, 1.807) is 23.7 Å². The maximum absolute atomic E-state index is 5.52. The Morgan fingerprint density at radius 1 is 1.19 bits per heavy atom. The second-order valence-corrected chi connectivity index (χ2v) is 4.95. The molecule has 0 aromatic carbocycles. The van der Waals surface area contributed by atoms with Crippen molar-refractivity contribution in [2.75, 3.05) is 0 Å². The van der Waals surface area contributed by atoms with Gasteiger partial charge in [-0.3, -0.25) is 0 Å². The predicted molar refractivity (Wildman–Crippen MR) is 64.2 cm³/mol. The zero-order valence-electron chi connectivity index (χ0n) is 8.12. The van der Waals surface area contributed by atoms with Crippen molar-refractivity contribution < 1.29 is 0 Å². The smallest absolute Gasteiger partial charge is 0.190 e. The second-order valence-electron chi connectivity index (χ2n) is 3.03. The molecule has 0 aliphatic carbocycles. The number of rotatable bonds is 2. The van der Waals surface area contributed by atoms with Crippen molar-refractivity contribution in [3.05, 3.63) is 22.8 Å². The number of nitrogens with zero attached hydrogens (tertiary/aromatic N) is 4. The summed E-state index contributed by atoms with van der Waals surface area (Å²) in [6.07, 6.45) is 3.30. The second kappa shape index (κ2) is 3.85. The lowest BCUT2D eigenvalue weighted by molar-refractivity contribution is 1.04. The molecular weight excluding hydrogens is 242 g/mol. The van der Waals surface area contributed by atoms with Crippen molar-refractivity contribution in [1.82, 2.24) is 19.9 Å². The zero-order valence-corrected chi connectivity index (χ0v) is 9.75. The van der Waals surface area contributed by atoms with Gasteiger partial charge in [-0.25, -0.2) is 19.9 Å². The molecule has 0 radical (unpaired) electrons. The fourth-order valence-corrected chi connectivity index (χ4v) is 2.85. The molecule has 0 aliphatic rings. The summed E-state index contributed by atoms with van der Waals surface area (Å²) in [5.41, 5.74) is 7.05. The maximum atomic E-state index is 5.52. The summed E-state index contributed by atoms with van der Waals surface area (Å²) < 4.78 is 0. The molecule has 80 valence electrons. The average Bonchev–Trinajstić information content (AvgIpc) is 2.95. The van der Waals surface area contributed by atoms with E-state index in [1.165, 1.54) is 11.3 Å². The summed E-state index contributed by atoms with van der Waals surface area (Å²) in [5.74, 6) is 0. The first-order valence-corrected chi connectivity index (χ1v) is 6.29. The molecule has 7 heteroatoms. The number of hydrogen-bond donors (Lipinski definition) is 1. The summed E-state index contributed by atoms with van der Waals surface area (Å²) in [5, 5.41) is 3.72. The summed E-state index contributed by atoms with van der Waals surface area (Å²) in [7, 11) is 0. The number of aromatic nitrogens is 4. The highest BCUT2D eigenvalue weighted by atomic mass is 32.1. The van der Waals surface area contributed by atoms with Crippen molar-refractivity contribution >= 4 is 33.2 Å². The van der Waals surface area contributed by atoms with Gasteiger partial charge in [0.25, 0.3) is 0 Å². The minimum atomic E-state index is 0.464. The molecule has 0 amide bonds. The molecule has 5 nitrogen and oxygen atoms in total. The van der Waals surface area contributed by atoms with Crippen LogP contribution in [0.1, 0.15) is 5.01 Å².